The number of likely N-dealkylation sites (N-methyl/N-ethyl adjacent to an activating group) is 1. The fraction of sp³-hybridized carbons (Fsp3) is 0.348. The van der Waals surface area contributed by atoms with Crippen molar-refractivity contribution in [2.24, 2.45) is 0 Å². The smallest absolute Gasteiger partial charge is 0.253 e. The van der Waals surface area contributed by atoms with Gasteiger partial charge in [0.2, 0.25) is 0 Å². The molecule has 0 unspecified atom stereocenters. The van der Waals surface area contributed by atoms with Crippen molar-refractivity contribution in [2.75, 3.05) is 26.7 Å². The van der Waals surface area contributed by atoms with Gasteiger partial charge in [-0.05, 0) is 44.0 Å². The van der Waals surface area contributed by atoms with E-state index in [9.17, 15) is 4.79 Å². The summed E-state index contributed by atoms with van der Waals surface area (Å²) in [6.07, 6.45) is 4.56. The molecule has 0 aliphatic carbocycles. The SMILES string of the molecule is CN(CCc1ccccc1)C1CCN(C(=O)c2cccc(-c3ncn[nH]3)c2)CC1. The van der Waals surface area contributed by atoms with E-state index in [1.54, 1.807) is 0 Å². The molecule has 1 aliphatic rings. The van der Waals surface area contributed by atoms with Crippen molar-refractivity contribution >= 4 is 5.91 Å². The van der Waals surface area contributed by atoms with Crippen LogP contribution < -0.4 is 0 Å². The van der Waals surface area contributed by atoms with Gasteiger partial charge in [0.25, 0.3) is 5.91 Å². The van der Waals surface area contributed by atoms with Gasteiger partial charge in [-0.1, -0.05) is 42.5 Å². The number of nitrogens with one attached hydrogen (secondary N) is 1. The van der Waals surface area contributed by atoms with Gasteiger partial charge in [-0.25, -0.2) is 4.98 Å². The number of piperidine rings is 1. The van der Waals surface area contributed by atoms with Crippen LogP contribution in [0.4, 0.5) is 0 Å². The zero-order valence-electron chi connectivity index (χ0n) is 16.8. The first-order chi connectivity index (χ1) is 14.2. The highest BCUT2D eigenvalue weighted by molar-refractivity contribution is 5.95. The molecule has 1 N–H and O–H groups in total. The normalized spacial score (nSPS) is 15.0. The van der Waals surface area contributed by atoms with E-state index < -0.39 is 0 Å². The van der Waals surface area contributed by atoms with Crippen molar-refractivity contribution in [1.82, 2.24) is 25.0 Å². The van der Waals surface area contributed by atoms with Crippen LogP contribution in [0, 0.1) is 0 Å². The molecule has 0 bridgehead atoms. The van der Waals surface area contributed by atoms with E-state index in [1.165, 1.54) is 11.9 Å². The molecule has 4 rings (SSSR count). The summed E-state index contributed by atoms with van der Waals surface area (Å²) in [4.78, 5) is 21.6. The fourth-order valence-corrected chi connectivity index (χ4v) is 3.97. The summed E-state index contributed by atoms with van der Waals surface area (Å²) in [5.41, 5.74) is 2.96. The first-order valence-corrected chi connectivity index (χ1v) is 10.2. The maximum absolute atomic E-state index is 13.0. The third-order valence-electron chi connectivity index (χ3n) is 5.77. The minimum atomic E-state index is 0.0942. The highest BCUT2D eigenvalue weighted by Crippen LogP contribution is 2.20. The maximum Gasteiger partial charge on any atom is 0.253 e. The predicted molar refractivity (Wildman–Crippen MR) is 114 cm³/mol. The topological polar surface area (TPSA) is 65.1 Å². The number of aromatic nitrogens is 3. The third-order valence-corrected chi connectivity index (χ3v) is 5.77. The number of amides is 1. The molecule has 6 heteroatoms. The molecule has 0 atom stereocenters. The molecule has 1 saturated heterocycles. The highest BCUT2D eigenvalue weighted by Gasteiger charge is 2.26. The summed E-state index contributed by atoms with van der Waals surface area (Å²) < 4.78 is 0. The van der Waals surface area contributed by atoms with Gasteiger partial charge in [-0.15, -0.1) is 0 Å². The molecular formula is C23H27N5O. The Kier molecular flexibility index (Phi) is 6.00. The molecule has 150 valence electrons. The summed E-state index contributed by atoms with van der Waals surface area (Å²) in [5, 5.41) is 6.74. The summed E-state index contributed by atoms with van der Waals surface area (Å²) in [5.74, 6) is 0.773. The van der Waals surface area contributed by atoms with Gasteiger partial charge < -0.3 is 9.80 Å². The van der Waals surface area contributed by atoms with Gasteiger partial charge in [-0.3, -0.25) is 9.89 Å². The number of carbonyl (C=O) groups excluding carboxylic acids is 1. The minimum Gasteiger partial charge on any atom is -0.339 e. The van der Waals surface area contributed by atoms with Crippen LogP contribution in [0.25, 0.3) is 11.4 Å². The number of aromatic amines is 1. The molecular weight excluding hydrogens is 362 g/mol. The van der Waals surface area contributed by atoms with E-state index >= 15 is 0 Å². The summed E-state index contributed by atoms with van der Waals surface area (Å²) >= 11 is 0. The number of nitrogens with zero attached hydrogens (tertiary/aromatic N) is 4. The average molecular weight is 390 g/mol. The number of hydrogen-bond acceptors (Lipinski definition) is 4. The lowest BCUT2D eigenvalue weighted by Crippen LogP contribution is -2.46. The standard InChI is InChI=1S/C23H27N5O/c1-27(13-10-18-6-3-2-4-7-18)21-11-14-28(15-12-21)23(29)20-9-5-8-19(16-20)22-24-17-25-26-22/h2-9,16-17,21H,10-15H2,1H3,(H,24,25,26). The lowest BCUT2D eigenvalue weighted by molar-refractivity contribution is 0.0647. The zero-order chi connectivity index (χ0) is 20.1. The van der Waals surface area contributed by atoms with Gasteiger partial charge in [0.15, 0.2) is 5.82 Å². The van der Waals surface area contributed by atoms with Crippen LogP contribution in [-0.2, 0) is 6.42 Å². The highest BCUT2D eigenvalue weighted by atomic mass is 16.2. The van der Waals surface area contributed by atoms with E-state index in [-0.39, 0.29) is 5.91 Å². The second-order valence-corrected chi connectivity index (χ2v) is 7.65. The third kappa shape index (κ3) is 4.71. The van der Waals surface area contributed by atoms with Crippen LogP contribution in [0.2, 0.25) is 0 Å². The molecule has 6 nitrogen and oxygen atoms in total. The molecule has 29 heavy (non-hydrogen) atoms. The quantitative estimate of drug-likeness (QED) is 0.703. The Hall–Kier alpha value is -2.99. The average Bonchev–Trinajstić information content (AvgIpc) is 3.33. The maximum atomic E-state index is 13.0. The van der Waals surface area contributed by atoms with Crippen LogP contribution >= 0.6 is 0 Å². The van der Waals surface area contributed by atoms with Crippen LogP contribution in [0.5, 0.6) is 0 Å². The largest absolute Gasteiger partial charge is 0.339 e. The summed E-state index contributed by atoms with van der Waals surface area (Å²) in [6, 6.07) is 18.7. The fourth-order valence-electron chi connectivity index (χ4n) is 3.97. The lowest BCUT2D eigenvalue weighted by atomic mass is 10.0. The molecule has 1 amide bonds. The Balaban J connectivity index is 1.31. The van der Waals surface area contributed by atoms with Crippen molar-refractivity contribution < 1.29 is 4.79 Å². The van der Waals surface area contributed by atoms with Gasteiger partial charge in [-0.2, -0.15) is 5.10 Å². The van der Waals surface area contributed by atoms with Crippen molar-refractivity contribution in [3.05, 3.63) is 72.1 Å². The molecule has 1 fully saturated rings. The first kappa shape index (κ1) is 19.3. The number of H-pyrrole nitrogens is 1. The number of rotatable bonds is 6. The Morgan fingerprint density at radius 3 is 2.66 bits per heavy atom. The Morgan fingerprint density at radius 1 is 1.14 bits per heavy atom. The molecule has 1 aromatic heterocycles. The van der Waals surface area contributed by atoms with E-state index in [1.807, 2.05) is 29.2 Å². The van der Waals surface area contributed by atoms with E-state index in [4.69, 9.17) is 0 Å². The van der Waals surface area contributed by atoms with Gasteiger partial charge in [0.05, 0.1) is 0 Å². The Bertz CT molecular complexity index is 917. The van der Waals surface area contributed by atoms with E-state index in [2.05, 4.69) is 57.5 Å². The number of benzene rings is 2. The van der Waals surface area contributed by atoms with Crippen LogP contribution in [0.3, 0.4) is 0 Å². The Morgan fingerprint density at radius 2 is 1.93 bits per heavy atom. The molecule has 0 spiro atoms. The van der Waals surface area contributed by atoms with Crippen molar-refractivity contribution in [2.45, 2.75) is 25.3 Å². The van der Waals surface area contributed by atoms with Crippen LogP contribution in [0.15, 0.2) is 60.9 Å². The van der Waals surface area contributed by atoms with Gasteiger partial charge in [0, 0.05) is 36.8 Å². The van der Waals surface area contributed by atoms with E-state index in [0.29, 0.717) is 17.4 Å². The number of hydrogen-bond donors (Lipinski definition) is 1. The van der Waals surface area contributed by atoms with Crippen molar-refractivity contribution in [1.29, 1.82) is 0 Å². The second kappa shape index (κ2) is 9.01. The number of likely N-dealkylation sites (tertiary alicyclic amines) is 1. The molecule has 1 aliphatic heterocycles. The second-order valence-electron chi connectivity index (χ2n) is 7.65. The van der Waals surface area contributed by atoms with Crippen molar-refractivity contribution in [3.8, 4) is 11.4 Å². The molecule has 3 aromatic rings. The van der Waals surface area contributed by atoms with Crippen LogP contribution in [-0.4, -0.2) is 63.6 Å². The molecule has 2 heterocycles. The Labute approximate surface area is 171 Å². The van der Waals surface area contributed by atoms with Gasteiger partial charge >= 0.3 is 0 Å². The molecule has 2 aromatic carbocycles. The molecule has 0 radical (unpaired) electrons. The first-order valence-electron chi connectivity index (χ1n) is 10.2. The van der Waals surface area contributed by atoms with E-state index in [0.717, 1.165) is 44.5 Å². The van der Waals surface area contributed by atoms with Gasteiger partial charge in [0.1, 0.15) is 6.33 Å². The minimum absolute atomic E-state index is 0.0942. The number of carbonyl (C=O) groups is 1. The predicted octanol–water partition coefficient (Wildman–Crippen LogP) is 3.25. The van der Waals surface area contributed by atoms with Crippen molar-refractivity contribution in [3.63, 3.8) is 0 Å². The molecule has 0 saturated carbocycles. The summed E-state index contributed by atoms with van der Waals surface area (Å²) in [6.45, 7) is 2.64. The lowest BCUT2D eigenvalue weighted by Gasteiger charge is -2.37. The zero-order valence-corrected chi connectivity index (χ0v) is 16.8. The monoisotopic (exact) mass is 389 g/mol. The van der Waals surface area contributed by atoms with Crippen LogP contribution in [0.1, 0.15) is 28.8 Å². The summed E-state index contributed by atoms with van der Waals surface area (Å²) in [7, 11) is 2.20.